The van der Waals surface area contributed by atoms with E-state index in [-0.39, 0.29) is 0 Å². The van der Waals surface area contributed by atoms with Gasteiger partial charge in [-0.25, -0.2) is 0 Å². The van der Waals surface area contributed by atoms with E-state index in [1.807, 2.05) is 24.3 Å². The van der Waals surface area contributed by atoms with Gasteiger partial charge in [-0.15, -0.1) is 0 Å². The van der Waals surface area contributed by atoms with Gasteiger partial charge in [0.1, 0.15) is 0 Å². The molecule has 0 bridgehead atoms. The predicted molar refractivity (Wildman–Crippen MR) is 59.2 cm³/mol. The van der Waals surface area contributed by atoms with Crippen LogP contribution in [0.5, 0.6) is 0 Å². The zero-order valence-electron chi connectivity index (χ0n) is 9.12. The topological polar surface area (TPSA) is 46.2 Å². The van der Waals surface area contributed by atoms with Gasteiger partial charge in [0.15, 0.2) is 0 Å². The fraction of sp³-hybridized carbons (Fsp3) is 0.500. The third kappa shape index (κ3) is 2.56. The Kier molecular flexibility index (Phi) is 3.29. The monoisotopic (exact) mass is 193 g/mol. The van der Waals surface area contributed by atoms with Crippen LogP contribution >= 0.6 is 0 Å². The van der Waals surface area contributed by atoms with Gasteiger partial charge in [0.25, 0.3) is 0 Å². The molecule has 0 aliphatic rings. The molecule has 78 valence electrons. The molecular formula is C12H19NO. The molecule has 0 amide bonds. The summed E-state index contributed by atoms with van der Waals surface area (Å²) in [4.78, 5) is 0. The smallest absolute Gasteiger partial charge is 0.0840 e. The van der Waals surface area contributed by atoms with Crippen molar-refractivity contribution in [3.63, 3.8) is 0 Å². The van der Waals surface area contributed by atoms with Crippen molar-refractivity contribution in [1.29, 1.82) is 0 Å². The van der Waals surface area contributed by atoms with E-state index in [2.05, 4.69) is 6.92 Å². The summed E-state index contributed by atoms with van der Waals surface area (Å²) in [5, 5.41) is 9.75. The summed E-state index contributed by atoms with van der Waals surface area (Å²) in [6, 6.07) is 7.98. The van der Waals surface area contributed by atoms with Crippen LogP contribution in [-0.4, -0.2) is 11.7 Å². The van der Waals surface area contributed by atoms with Crippen LogP contribution in [0.3, 0.4) is 0 Å². The molecule has 2 heteroatoms. The maximum Gasteiger partial charge on any atom is 0.0840 e. The number of benzene rings is 1. The molecule has 2 nitrogen and oxygen atoms in total. The maximum absolute atomic E-state index is 9.75. The summed E-state index contributed by atoms with van der Waals surface area (Å²) in [7, 11) is 0. The van der Waals surface area contributed by atoms with Crippen LogP contribution in [-0.2, 0) is 5.60 Å². The Balaban J connectivity index is 2.89. The molecule has 0 radical (unpaired) electrons. The normalized spacial score (nSPS) is 14.1. The molecule has 0 saturated carbocycles. The lowest BCUT2D eigenvalue weighted by Crippen LogP contribution is -2.15. The highest BCUT2D eigenvalue weighted by atomic mass is 16.3. The second-order valence-electron chi connectivity index (χ2n) is 4.32. The van der Waals surface area contributed by atoms with E-state index in [1.54, 1.807) is 13.8 Å². The van der Waals surface area contributed by atoms with E-state index in [9.17, 15) is 5.11 Å². The predicted octanol–water partition coefficient (Wildman–Crippen LogP) is 1.98. The Morgan fingerprint density at radius 2 is 1.79 bits per heavy atom. The van der Waals surface area contributed by atoms with Gasteiger partial charge in [-0.05, 0) is 37.4 Å². The summed E-state index contributed by atoms with van der Waals surface area (Å²) in [6.45, 7) is 6.32. The van der Waals surface area contributed by atoms with Gasteiger partial charge in [0.2, 0.25) is 0 Å². The summed E-state index contributed by atoms with van der Waals surface area (Å²) in [5.41, 5.74) is 6.98. The van der Waals surface area contributed by atoms with E-state index < -0.39 is 5.60 Å². The fourth-order valence-electron chi connectivity index (χ4n) is 1.36. The van der Waals surface area contributed by atoms with Crippen molar-refractivity contribution in [2.24, 2.45) is 5.73 Å². The van der Waals surface area contributed by atoms with Crippen LogP contribution in [0, 0.1) is 0 Å². The standard InChI is InChI=1S/C12H19NO/c1-9(8-13)10-4-6-11(7-5-10)12(2,3)14/h4-7,9,14H,8,13H2,1-3H3. The first-order chi connectivity index (χ1) is 6.45. The number of hydrogen-bond acceptors (Lipinski definition) is 2. The summed E-state index contributed by atoms with van der Waals surface area (Å²) in [5.74, 6) is 0.380. The average molecular weight is 193 g/mol. The molecule has 1 aromatic carbocycles. The summed E-state index contributed by atoms with van der Waals surface area (Å²) in [6.07, 6.45) is 0. The van der Waals surface area contributed by atoms with Gasteiger partial charge < -0.3 is 10.8 Å². The van der Waals surface area contributed by atoms with Gasteiger partial charge in [-0.3, -0.25) is 0 Å². The Morgan fingerprint density at radius 1 is 1.29 bits per heavy atom. The van der Waals surface area contributed by atoms with Crippen LogP contribution in [0.25, 0.3) is 0 Å². The van der Waals surface area contributed by atoms with Gasteiger partial charge in [-0.2, -0.15) is 0 Å². The minimum atomic E-state index is -0.759. The van der Waals surface area contributed by atoms with Gasteiger partial charge in [-0.1, -0.05) is 31.2 Å². The number of aliphatic hydroxyl groups is 1. The maximum atomic E-state index is 9.75. The van der Waals surface area contributed by atoms with E-state index >= 15 is 0 Å². The van der Waals surface area contributed by atoms with Crippen LogP contribution in [0.2, 0.25) is 0 Å². The number of nitrogens with two attached hydrogens (primary N) is 1. The first kappa shape index (κ1) is 11.2. The van der Waals surface area contributed by atoms with Crippen molar-refractivity contribution in [3.8, 4) is 0 Å². The molecule has 1 atom stereocenters. The molecule has 14 heavy (non-hydrogen) atoms. The number of rotatable bonds is 3. The third-order valence-electron chi connectivity index (χ3n) is 2.54. The van der Waals surface area contributed by atoms with Crippen LogP contribution in [0.1, 0.15) is 37.8 Å². The lowest BCUT2D eigenvalue weighted by Gasteiger charge is -2.18. The lowest BCUT2D eigenvalue weighted by atomic mass is 9.94. The Labute approximate surface area is 85.8 Å². The molecular weight excluding hydrogens is 174 g/mol. The lowest BCUT2D eigenvalue weighted by molar-refractivity contribution is 0.0786. The molecule has 0 aromatic heterocycles. The van der Waals surface area contributed by atoms with E-state index in [0.717, 1.165) is 5.56 Å². The van der Waals surface area contributed by atoms with Crippen molar-refractivity contribution >= 4 is 0 Å². The molecule has 1 rings (SSSR count). The fourth-order valence-corrected chi connectivity index (χ4v) is 1.36. The Hall–Kier alpha value is -0.860. The van der Waals surface area contributed by atoms with Crippen molar-refractivity contribution in [1.82, 2.24) is 0 Å². The van der Waals surface area contributed by atoms with Gasteiger partial charge in [0.05, 0.1) is 5.60 Å². The molecule has 0 aliphatic carbocycles. The summed E-state index contributed by atoms with van der Waals surface area (Å²) < 4.78 is 0. The van der Waals surface area contributed by atoms with Crippen molar-refractivity contribution < 1.29 is 5.11 Å². The molecule has 0 aliphatic heterocycles. The van der Waals surface area contributed by atoms with Crippen LogP contribution in [0.15, 0.2) is 24.3 Å². The second kappa shape index (κ2) is 4.11. The highest BCUT2D eigenvalue weighted by Crippen LogP contribution is 2.22. The van der Waals surface area contributed by atoms with Gasteiger partial charge >= 0.3 is 0 Å². The molecule has 0 saturated heterocycles. The van der Waals surface area contributed by atoms with Crippen molar-refractivity contribution in [3.05, 3.63) is 35.4 Å². The SMILES string of the molecule is CC(CN)c1ccc(C(C)(C)O)cc1. The second-order valence-corrected chi connectivity index (χ2v) is 4.32. The van der Waals surface area contributed by atoms with E-state index in [4.69, 9.17) is 5.73 Å². The highest BCUT2D eigenvalue weighted by Gasteiger charge is 2.15. The molecule has 1 aromatic rings. The summed E-state index contributed by atoms with van der Waals surface area (Å²) >= 11 is 0. The molecule has 0 spiro atoms. The minimum absolute atomic E-state index is 0.380. The Bertz CT molecular complexity index is 284. The molecule has 0 fully saturated rings. The number of hydrogen-bond donors (Lipinski definition) is 2. The van der Waals surface area contributed by atoms with Crippen LogP contribution < -0.4 is 5.73 Å². The van der Waals surface area contributed by atoms with E-state index in [0.29, 0.717) is 12.5 Å². The molecule has 3 N–H and O–H groups in total. The zero-order valence-corrected chi connectivity index (χ0v) is 9.12. The van der Waals surface area contributed by atoms with Crippen molar-refractivity contribution in [2.45, 2.75) is 32.3 Å². The Morgan fingerprint density at radius 3 is 2.14 bits per heavy atom. The van der Waals surface area contributed by atoms with Gasteiger partial charge in [0, 0.05) is 0 Å². The van der Waals surface area contributed by atoms with Crippen LogP contribution in [0.4, 0.5) is 0 Å². The highest BCUT2D eigenvalue weighted by molar-refractivity contribution is 5.28. The zero-order chi connectivity index (χ0) is 10.8. The first-order valence-electron chi connectivity index (χ1n) is 4.98. The minimum Gasteiger partial charge on any atom is -0.386 e. The molecule has 1 unspecified atom stereocenters. The quantitative estimate of drug-likeness (QED) is 0.771. The largest absolute Gasteiger partial charge is 0.386 e. The third-order valence-corrected chi connectivity index (χ3v) is 2.54. The van der Waals surface area contributed by atoms with E-state index in [1.165, 1.54) is 5.56 Å². The molecule has 0 heterocycles. The first-order valence-corrected chi connectivity index (χ1v) is 4.98. The average Bonchev–Trinajstić information content (AvgIpc) is 2.15. The van der Waals surface area contributed by atoms with Crippen molar-refractivity contribution in [2.75, 3.05) is 6.54 Å².